The van der Waals surface area contributed by atoms with Gasteiger partial charge >= 0.3 is 6.18 Å². The zero-order valence-electron chi connectivity index (χ0n) is 17.2. The SMILES string of the molecule is C=CC=C.CN1CCc2cc(Cl)sc2C1.FC(F)(F)c1ncccc1-c1ccccc1. The third-order valence-electron chi connectivity index (χ3n) is 4.37. The predicted octanol–water partition coefficient (Wildman–Crippen LogP) is 7.52. The highest BCUT2D eigenvalue weighted by Gasteiger charge is 2.35. The molecule has 1 aromatic carbocycles. The Bertz CT molecular complexity index is 978. The maximum absolute atomic E-state index is 12.7. The van der Waals surface area contributed by atoms with Crippen molar-refractivity contribution in [3.8, 4) is 11.1 Å². The molecule has 0 spiro atoms. The second-order valence-electron chi connectivity index (χ2n) is 6.72. The molecule has 0 unspecified atom stereocenters. The molecule has 1 aliphatic heterocycles. The first kappa shape index (κ1) is 24.9. The van der Waals surface area contributed by atoms with Gasteiger partial charge in [0.2, 0.25) is 0 Å². The van der Waals surface area contributed by atoms with Crippen molar-refractivity contribution < 1.29 is 13.2 Å². The van der Waals surface area contributed by atoms with Gasteiger partial charge in [-0.25, -0.2) is 0 Å². The second kappa shape index (κ2) is 11.8. The summed E-state index contributed by atoms with van der Waals surface area (Å²) in [5.74, 6) is 0. The van der Waals surface area contributed by atoms with Gasteiger partial charge in [-0.1, -0.05) is 73.3 Å². The van der Waals surface area contributed by atoms with Crippen molar-refractivity contribution in [1.82, 2.24) is 9.88 Å². The minimum absolute atomic E-state index is 0.107. The number of hydrogen-bond donors (Lipinski definition) is 0. The van der Waals surface area contributed by atoms with E-state index in [0.29, 0.717) is 5.56 Å². The molecule has 0 fully saturated rings. The number of hydrogen-bond acceptors (Lipinski definition) is 3. The monoisotopic (exact) mass is 464 g/mol. The molecule has 0 N–H and O–H groups in total. The number of aromatic nitrogens is 1. The number of benzene rings is 1. The van der Waals surface area contributed by atoms with Gasteiger partial charge in [0.25, 0.3) is 0 Å². The molecule has 2 aromatic heterocycles. The van der Waals surface area contributed by atoms with E-state index < -0.39 is 11.9 Å². The van der Waals surface area contributed by atoms with Crippen molar-refractivity contribution in [3.05, 3.63) is 101 Å². The van der Waals surface area contributed by atoms with Gasteiger partial charge in [0.05, 0.1) is 4.34 Å². The average Bonchev–Trinajstić information content (AvgIpc) is 3.13. The fourth-order valence-corrected chi connectivity index (χ4v) is 4.32. The molecule has 0 saturated heterocycles. The number of fused-ring (bicyclic) bond motifs is 1. The maximum Gasteiger partial charge on any atom is 0.433 e. The van der Waals surface area contributed by atoms with Crippen LogP contribution >= 0.6 is 22.9 Å². The molecule has 0 saturated carbocycles. The number of likely N-dealkylation sites (N-methyl/N-ethyl adjacent to an activating group) is 1. The van der Waals surface area contributed by atoms with Gasteiger partial charge in [-0.15, -0.1) is 11.3 Å². The second-order valence-corrected chi connectivity index (χ2v) is 8.49. The zero-order valence-corrected chi connectivity index (χ0v) is 18.8. The molecule has 0 atom stereocenters. The molecule has 3 aromatic rings. The molecule has 31 heavy (non-hydrogen) atoms. The summed E-state index contributed by atoms with van der Waals surface area (Å²) in [7, 11) is 2.15. The van der Waals surface area contributed by atoms with Crippen molar-refractivity contribution in [2.45, 2.75) is 19.1 Å². The van der Waals surface area contributed by atoms with Crippen LogP contribution in [-0.4, -0.2) is 23.5 Å². The molecule has 7 heteroatoms. The first-order chi connectivity index (χ1) is 14.8. The number of allylic oxidation sites excluding steroid dienone is 2. The van der Waals surface area contributed by atoms with E-state index in [-0.39, 0.29) is 5.56 Å². The highest BCUT2D eigenvalue weighted by molar-refractivity contribution is 7.16. The van der Waals surface area contributed by atoms with Crippen LogP contribution in [0.15, 0.2) is 80.0 Å². The van der Waals surface area contributed by atoms with Crippen LogP contribution in [-0.2, 0) is 19.1 Å². The molecule has 0 radical (unpaired) electrons. The van der Waals surface area contributed by atoms with Crippen LogP contribution in [0.4, 0.5) is 13.2 Å². The van der Waals surface area contributed by atoms with Gasteiger partial charge in [0, 0.05) is 29.7 Å². The summed E-state index contributed by atoms with van der Waals surface area (Å²) < 4.78 is 39.0. The molecule has 3 heterocycles. The molecular weight excluding hydrogens is 441 g/mol. The van der Waals surface area contributed by atoms with Gasteiger partial charge < -0.3 is 4.90 Å². The third-order valence-corrected chi connectivity index (χ3v) is 5.66. The standard InChI is InChI=1S/C12H8F3N.C8H10ClNS.C4H6/c13-12(14,15)11-10(7-4-8-16-11)9-5-2-1-3-6-9;1-10-3-2-6-4-8(9)11-7(6)5-10;1-3-4-2/h1-8H;4H,2-3,5H2,1H3;3-4H,1-2H2. The van der Waals surface area contributed by atoms with E-state index in [0.717, 1.165) is 23.5 Å². The van der Waals surface area contributed by atoms with E-state index in [4.69, 9.17) is 11.6 Å². The first-order valence-electron chi connectivity index (χ1n) is 9.53. The minimum atomic E-state index is -4.42. The summed E-state index contributed by atoms with van der Waals surface area (Å²) >= 11 is 7.62. The van der Waals surface area contributed by atoms with Gasteiger partial charge in [0.15, 0.2) is 5.69 Å². The molecule has 1 aliphatic rings. The topological polar surface area (TPSA) is 16.1 Å². The molecule has 0 amide bonds. The van der Waals surface area contributed by atoms with E-state index in [9.17, 15) is 13.2 Å². The van der Waals surface area contributed by atoms with Crippen LogP contribution in [0.5, 0.6) is 0 Å². The third kappa shape index (κ3) is 7.65. The summed E-state index contributed by atoms with van der Waals surface area (Å²) in [4.78, 5) is 7.18. The predicted molar refractivity (Wildman–Crippen MR) is 124 cm³/mol. The van der Waals surface area contributed by atoms with Crippen molar-refractivity contribution in [1.29, 1.82) is 0 Å². The van der Waals surface area contributed by atoms with Crippen LogP contribution in [0.3, 0.4) is 0 Å². The van der Waals surface area contributed by atoms with Crippen molar-refractivity contribution in [3.63, 3.8) is 0 Å². The van der Waals surface area contributed by atoms with Crippen LogP contribution in [0.25, 0.3) is 11.1 Å². The Labute approximate surface area is 190 Å². The van der Waals surface area contributed by atoms with Gasteiger partial charge in [0.1, 0.15) is 0 Å². The molecule has 0 bridgehead atoms. The first-order valence-corrected chi connectivity index (χ1v) is 10.7. The number of alkyl halides is 3. The average molecular weight is 465 g/mol. The van der Waals surface area contributed by atoms with E-state index in [1.54, 1.807) is 53.8 Å². The van der Waals surface area contributed by atoms with E-state index in [1.807, 2.05) is 0 Å². The quantitative estimate of drug-likeness (QED) is 0.365. The summed E-state index contributed by atoms with van der Waals surface area (Å²) in [6.45, 7) is 8.97. The maximum atomic E-state index is 12.7. The van der Waals surface area contributed by atoms with Crippen molar-refractivity contribution in [2.24, 2.45) is 0 Å². The summed E-state index contributed by atoms with van der Waals surface area (Å²) in [6.07, 6.45) is 1.16. The van der Waals surface area contributed by atoms with E-state index in [2.05, 4.69) is 36.2 Å². The lowest BCUT2D eigenvalue weighted by Crippen LogP contribution is -2.24. The summed E-state index contributed by atoms with van der Waals surface area (Å²) in [6, 6.07) is 13.4. The summed E-state index contributed by atoms with van der Waals surface area (Å²) in [5.41, 5.74) is 1.23. The van der Waals surface area contributed by atoms with Gasteiger partial charge in [-0.05, 0) is 36.7 Å². The Morgan fingerprint density at radius 1 is 1.10 bits per heavy atom. The molecule has 2 nitrogen and oxygen atoms in total. The Balaban J connectivity index is 0.000000197. The van der Waals surface area contributed by atoms with Crippen LogP contribution < -0.4 is 0 Å². The number of nitrogens with zero attached hydrogens (tertiary/aromatic N) is 2. The van der Waals surface area contributed by atoms with Crippen molar-refractivity contribution >= 4 is 22.9 Å². The number of halogens is 4. The van der Waals surface area contributed by atoms with Crippen LogP contribution in [0, 0.1) is 0 Å². The zero-order chi connectivity index (χ0) is 22.9. The Hall–Kier alpha value is -2.41. The molecular formula is C24H24ClF3N2S. The molecule has 0 aliphatic carbocycles. The van der Waals surface area contributed by atoms with Crippen LogP contribution in [0.2, 0.25) is 4.34 Å². The number of rotatable bonds is 2. The lowest BCUT2D eigenvalue weighted by Gasteiger charge is -2.21. The highest BCUT2D eigenvalue weighted by Crippen LogP contribution is 2.35. The van der Waals surface area contributed by atoms with Crippen molar-refractivity contribution in [2.75, 3.05) is 13.6 Å². The highest BCUT2D eigenvalue weighted by atomic mass is 35.5. The van der Waals surface area contributed by atoms with Gasteiger partial charge in [-0.2, -0.15) is 13.2 Å². The largest absolute Gasteiger partial charge is 0.433 e. The lowest BCUT2D eigenvalue weighted by molar-refractivity contribution is -0.140. The Kier molecular flexibility index (Phi) is 9.49. The lowest BCUT2D eigenvalue weighted by atomic mass is 10.0. The summed E-state index contributed by atoms with van der Waals surface area (Å²) in [5, 5.41) is 0. The normalized spacial score (nSPS) is 13.1. The fraction of sp³-hybridized carbons (Fsp3) is 0.208. The fourth-order valence-electron chi connectivity index (χ4n) is 2.89. The smallest absolute Gasteiger partial charge is 0.301 e. The van der Waals surface area contributed by atoms with E-state index in [1.165, 1.54) is 29.1 Å². The number of pyridine rings is 1. The van der Waals surface area contributed by atoms with E-state index >= 15 is 0 Å². The number of thiophene rings is 1. The molecule has 164 valence electrons. The Morgan fingerprint density at radius 3 is 2.39 bits per heavy atom. The molecule has 4 rings (SSSR count). The van der Waals surface area contributed by atoms with Crippen LogP contribution in [0.1, 0.15) is 16.1 Å². The minimum Gasteiger partial charge on any atom is -0.301 e. The van der Waals surface area contributed by atoms with Gasteiger partial charge in [-0.3, -0.25) is 4.98 Å². The Morgan fingerprint density at radius 2 is 1.77 bits per heavy atom.